The molecular weight excluding hydrogens is 236 g/mol. The van der Waals surface area contributed by atoms with E-state index in [2.05, 4.69) is 66.0 Å². The first-order valence-electron chi connectivity index (χ1n) is 7.40. The zero-order valence-corrected chi connectivity index (χ0v) is 14.8. The molecule has 0 bridgehead atoms. The molecule has 0 rings (SSSR count). The van der Waals surface area contributed by atoms with E-state index in [4.69, 9.17) is 4.74 Å². The van der Waals surface area contributed by atoms with Gasteiger partial charge in [-0.3, -0.25) is 0 Å². The molecular formula is C16H34OSi. The summed E-state index contributed by atoms with van der Waals surface area (Å²) in [4.78, 5) is 0. The number of rotatable bonds is 7. The lowest BCUT2D eigenvalue weighted by Gasteiger charge is -2.31. The summed E-state index contributed by atoms with van der Waals surface area (Å²) in [5.74, 6) is 0.608. The van der Waals surface area contributed by atoms with E-state index >= 15 is 0 Å². The average molecular weight is 271 g/mol. The van der Waals surface area contributed by atoms with E-state index in [0.717, 1.165) is 6.42 Å². The zero-order valence-electron chi connectivity index (χ0n) is 13.8. The van der Waals surface area contributed by atoms with Crippen LogP contribution < -0.4 is 0 Å². The highest BCUT2D eigenvalue weighted by Gasteiger charge is 2.22. The highest BCUT2D eigenvalue weighted by molar-refractivity contribution is 6.80. The summed E-state index contributed by atoms with van der Waals surface area (Å²) in [6.07, 6.45) is 6.28. The van der Waals surface area contributed by atoms with Crippen LogP contribution in [0.3, 0.4) is 0 Å². The van der Waals surface area contributed by atoms with Crippen LogP contribution in [0.25, 0.3) is 0 Å². The van der Waals surface area contributed by atoms with Crippen LogP contribution in [0.15, 0.2) is 11.8 Å². The summed E-state index contributed by atoms with van der Waals surface area (Å²) < 4.78 is 6.20. The molecule has 108 valence electrons. The highest BCUT2D eigenvalue weighted by Crippen LogP contribution is 2.23. The lowest BCUT2D eigenvalue weighted by molar-refractivity contribution is -0.0849. The standard InChI is InChI=1S/C16H34OSi/c1-9-11-15(17-16(3,4)5)14(2)12-10-13-18(6,7)8/h10,13-15H,9,11-12H2,1-8H3/b13-10+/t14-,15-/m1/s1. The monoisotopic (exact) mass is 270 g/mol. The number of allylic oxidation sites excluding steroid dienone is 1. The van der Waals surface area contributed by atoms with Gasteiger partial charge >= 0.3 is 0 Å². The van der Waals surface area contributed by atoms with Crippen molar-refractivity contribution in [1.29, 1.82) is 0 Å². The fourth-order valence-corrected chi connectivity index (χ4v) is 2.83. The summed E-state index contributed by atoms with van der Waals surface area (Å²) in [5, 5.41) is 0. The molecule has 0 heterocycles. The first-order chi connectivity index (χ1) is 8.05. The molecule has 0 N–H and O–H groups in total. The Balaban J connectivity index is 4.39. The summed E-state index contributed by atoms with van der Waals surface area (Å²) in [6.45, 7) is 18.2. The third-order valence-electron chi connectivity index (χ3n) is 2.84. The zero-order chi connectivity index (χ0) is 14.4. The van der Waals surface area contributed by atoms with Gasteiger partial charge in [0.1, 0.15) is 0 Å². The topological polar surface area (TPSA) is 9.23 Å². The Morgan fingerprint density at radius 3 is 2.11 bits per heavy atom. The minimum atomic E-state index is -1.05. The lowest BCUT2D eigenvalue weighted by Crippen LogP contribution is -2.31. The number of hydrogen-bond acceptors (Lipinski definition) is 1. The molecule has 18 heavy (non-hydrogen) atoms. The molecule has 2 heteroatoms. The SMILES string of the molecule is CCC[C@@H](OC(C)(C)C)[C@H](C)C/C=C/[Si](C)(C)C. The minimum Gasteiger partial charge on any atom is -0.372 e. The van der Waals surface area contributed by atoms with Crippen LogP contribution in [0.5, 0.6) is 0 Å². The van der Waals surface area contributed by atoms with E-state index in [1.807, 2.05) is 0 Å². The van der Waals surface area contributed by atoms with Crippen molar-refractivity contribution in [3.8, 4) is 0 Å². The van der Waals surface area contributed by atoms with Crippen molar-refractivity contribution in [3.05, 3.63) is 11.8 Å². The van der Waals surface area contributed by atoms with Crippen molar-refractivity contribution in [2.75, 3.05) is 0 Å². The molecule has 0 aliphatic carbocycles. The smallest absolute Gasteiger partial charge is 0.0682 e. The summed E-state index contributed by atoms with van der Waals surface area (Å²) >= 11 is 0. The molecule has 2 atom stereocenters. The van der Waals surface area contributed by atoms with Crippen LogP contribution in [0.2, 0.25) is 19.6 Å². The largest absolute Gasteiger partial charge is 0.372 e. The van der Waals surface area contributed by atoms with E-state index in [9.17, 15) is 0 Å². The fraction of sp³-hybridized carbons (Fsp3) is 0.875. The molecule has 1 nitrogen and oxygen atoms in total. The van der Waals surface area contributed by atoms with Crippen LogP contribution in [-0.2, 0) is 4.74 Å². The average Bonchev–Trinajstić information content (AvgIpc) is 2.12. The van der Waals surface area contributed by atoms with E-state index in [-0.39, 0.29) is 5.60 Å². The number of ether oxygens (including phenoxy) is 1. The van der Waals surface area contributed by atoms with Gasteiger partial charge in [0, 0.05) is 0 Å². The van der Waals surface area contributed by atoms with Crippen molar-refractivity contribution < 1.29 is 4.74 Å². The predicted molar refractivity (Wildman–Crippen MR) is 85.8 cm³/mol. The second-order valence-corrected chi connectivity index (χ2v) is 12.6. The van der Waals surface area contributed by atoms with Crippen LogP contribution in [0.1, 0.15) is 53.9 Å². The third-order valence-corrected chi connectivity index (χ3v) is 4.07. The Kier molecular flexibility index (Phi) is 7.46. The number of hydrogen-bond donors (Lipinski definition) is 0. The van der Waals surface area contributed by atoms with E-state index in [1.165, 1.54) is 12.8 Å². The van der Waals surface area contributed by atoms with E-state index in [0.29, 0.717) is 12.0 Å². The Hall–Kier alpha value is -0.0831. The minimum absolute atomic E-state index is 0.0312. The van der Waals surface area contributed by atoms with Gasteiger partial charge in [-0.05, 0) is 39.5 Å². The molecule has 0 saturated heterocycles. The second-order valence-electron chi connectivity index (χ2n) is 7.54. The van der Waals surface area contributed by atoms with Gasteiger partial charge in [0.05, 0.1) is 19.8 Å². The third kappa shape index (κ3) is 9.90. The van der Waals surface area contributed by atoms with Gasteiger partial charge in [-0.1, -0.05) is 51.7 Å². The fourth-order valence-electron chi connectivity index (χ4n) is 1.99. The first-order valence-corrected chi connectivity index (χ1v) is 11.0. The van der Waals surface area contributed by atoms with Crippen LogP contribution in [0, 0.1) is 5.92 Å². The van der Waals surface area contributed by atoms with Crippen LogP contribution in [0.4, 0.5) is 0 Å². The second kappa shape index (κ2) is 7.49. The van der Waals surface area contributed by atoms with Gasteiger partial charge in [-0.25, -0.2) is 0 Å². The van der Waals surface area contributed by atoms with Gasteiger partial charge in [0.2, 0.25) is 0 Å². The molecule has 0 amide bonds. The maximum Gasteiger partial charge on any atom is 0.0682 e. The summed E-state index contributed by atoms with van der Waals surface area (Å²) in [6, 6.07) is 0. The van der Waals surface area contributed by atoms with Gasteiger partial charge in [-0.15, -0.1) is 0 Å². The molecule has 0 radical (unpaired) electrons. The van der Waals surface area contributed by atoms with Gasteiger partial charge in [0.25, 0.3) is 0 Å². The van der Waals surface area contributed by atoms with Crippen LogP contribution in [-0.4, -0.2) is 19.8 Å². The van der Waals surface area contributed by atoms with E-state index < -0.39 is 8.07 Å². The van der Waals surface area contributed by atoms with Crippen molar-refractivity contribution in [1.82, 2.24) is 0 Å². The molecule has 0 aliphatic heterocycles. The normalized spacial score (nSPS) is 17.1. The highest BCUT2D eigenvalue weighted by atomic mass is 28.3. The first kappa shape index (κ1) is 17.9. The molecule has 0 aromatic heterocycles. The van der Waals surface area contributed by atoms with Crippen molar-refractivity contribution in [2.24, 2.45) is 5.92 Å². The molecule has 0 aromatic rings. The Morgan fingerprint density at radius 2 is 1.72 bits per heavy atom. The quantitative estimate of drug-likeness (QED) is 0.560. The molecule has 0 spiro atoms. The molecule has 0 aromatic carbocycles. The molecule has 0 fully saturated rings. The van der Waals surface area contributed by atoms with Crippen molar-refractivity contribution in [2.45, 2.75) is 85.2 Å². The lowest BCUT2D eigenvalue weighted by atomic mass is 9.96. The summed E-state index contributed by atoms with van der Waals surface area (Å²) in [7, 11) is -1.05. The molecule has 0 unspecified atom stereocenters. The molecule has 0 saturated carbocycles. The maximum absolute atomic E-state index is 6.20. The van der Waals surface area contributed by atoms with Gasteiger partial charge in [-0.2, -0.15) is 0 Å². The summed E-state index contributed by atoms with van der Waals surface area (Å²) in [5.41, 5.74) is 2.42. The van der Waals surface area contributed by atoms with Crippen molar-refractivity contribution in [3.63, 3.8) is 0 Å². The maximum atomic E-state index is 6.20. The Labute approximate surface area is 116 Å². The van der Waals surface area contributed by atoms with Gasteiger partial charge in [0.15, 0.2) is 0 Å². The van der Waals surface area contributed by atoms with Crippen LogP contribution >= 0.6 is 0 Å². The Bertz CT molecular complexity index is 245. The van der Waals surface area contributed by atoms with Crippen molar-refractivity contribution >= 4 is 8.07 Å². The predicted octanol–water partition coefficient (Wildman–Crippen LogP) is 5.43. The van der Waals surface area contributed by atoms with E-state index in [1.54, 1.807) is 0 Å². The molecule has 0 aliphatic rings. The Morgan fingerprint density at radius 1 is 1.17 bits per heavy atom. The van der Waals surface area contributed by atoms with Gasteiger partial charge < -0.3 is 4.74 Å².